The topological polar surface area (TPSA) is 59.5 Å². The van der Waals surface area contributed by atoms with E-state index in [-0.39, 0.29) is 24.2 Å². The molecule has 5 nitrogen and oxygen atoms in total. The van der Waals surface area contributed by atoms with Crippen LogP contribution in [-0.4, -0.2) is 35.9 Å². The average molecular weight is 284 g/mol. The first-order valence-corrected chi connectivity index (χ1v) is 7.08. The standard InChI is InChI=1S/C13H20N2O3S/c1-9(2)11(13(17)18-4)5-12(16)15(3)6-10-7-19-8-14-10/h7-9,11H,5-6H2,1-4H3/t11-/m0/s1. The van der Waals surface area contributed by atoms with Crippen LogP contribution in [0.1, 0.15) is 26.0 Å². The third-order valence-corrected chi connectivity index (χ3v) is 3.65. The van der Waals surface area contributed by atoms with Crippen LogP contribution in [-0.2, 0) is 20.9 Å². The van der Waals surface area contributed by atoms with Crippen molar-refractivity contribution >= 4 is 23.2 Å². The normalized spacial score (nSPS) is 12.3. The molecule has 19 heavy (non-hydrogen) atoms. The molecule has 1 heterocycles. The number of hydrogen-bond acceptors (Lipinski definition) is 5. The Morgan fingerprint density at radius 1 is 1.47 bits per heavy atom. The highest BCUT2D eigenvalue weighted by atomic mass is 32.1. The molecule has 0 spiro atoms. The number of methoxy groups -OCH3 is 1. The number of aromatic nitrogens is 1. The van der Waals surface area contributed by atoms with Gasteiger partial charge in [0, 0.05) is 18.8 Å². The van der Waals surface area contributed by atoms with Gasteiger partial charge in [0.15, 0.2) is 0 Å². The Kier molecular flexibility index (Phi) is 5.95. The molecule has 0 aliphatic rings. The molecule has 0 fully saturated rings. The lowest BCUT2D eigenvalue weighted by atomic mass is 9.92. The van der Waals surface area contributed by atoms with Crippen molar-refractivity contribution in [1.29, 1.82) is 0 Å². The summed E-state index contributed by atoms with van der Waals surface area (Å²) in [5.74, 6) is -0.720. The Bertz CT molecular complexity index is 418. The maximum Gasteiger partial charge on any atom is 0.309 e. The van der Waals surface area contributed by atoms with E-state index >= 15 is 0 Å². The minimum absolute atomic E-state index is 0.0721. The fourth-order valence-corrected chi connectivity index (χ4v) is 2.28. The lowest BCUT2D eigenvalue weighted by Gasteiger charge is -2.21. The lowest BCUT2D eigenvalue weighted by molar-refractivity contribution is -0.150. The van der Waals surface area contributed by atoms with Gasteiger partial charge in [0.2, 0.25) is 5.91 Å². The van der Waals surface area contributed by atoms with E-state index in [0.29, 0.717) is 6.54 Å². The molecule has 0 N–H and O–H groups in total. The molecule has 1 atom stereocenters. The highest BCUT2D eigenvalue weighted by molar-refractivity contribution is 7.07. The Hall–Kier alpha value is -1.43. The molecular formula is C13H20N2O3S. The smallest absolute Gasteiger partial charge is 0.309 e. The van der Waals surface area contributed by atoms with Crippen LogP contribution < -0.4 is 0 Å². The van der Waals surface area contributed by atoms with Gasteiger partial charge in [0.05, 0.1) is 30.8 Å². The second kappa shape index (κ2) is 7.23. The third kappa shape index (κ3) is 4.63. The predicted octanol–water partition coefficient (Wildman–Crippen LogP) is 1.94. The van der Waals surface area contributed by atoms with Crippen LogP contribution in [0.2, 0.25) is 0 Å². The highest BCUT2D eigenvalue weighted by Crippen LogP contribution is 2.18. The fraction of sp³-hybridized carbons (Fsp3) is 0.615. The zero-order valence-electron chi connectivity index (χ0n) is 11.8. The molecule has 0 aliphatic carbocycles. The van der Waals surface area contributed by atoms with Crippen molar-refractivity contribution in [1.82, 2.24) is 9.88 Å². The molecule has 1 aromatic heterocycles. The summed E-state index contributed by atoms with van der Waals surface area (Å²) in [5.41, 5.74) is 2.60. The van der Waals surface area contributed by atoms with E-state index in [4.69, 9.17) is 4.74 Å². The van der Waals surface area contributed by atoms with Crippen molar-refractivity contribution in [2.75, 3.05) is 14.2 Å². The number of thiazole rings is 1. The van der Waals surface area contributed by atoms with E-state index in [0.717, 1.165) is 5.69 Å². The Morgan fingerprint density at radius 3 is 2.63 bits per heavy atom. The molecule has 0 unspecified atom stereocenters. The number of amides is 1. The van der Waals surface area contributed by atoms with Gasteiger partial charge in [-0.05, 0) is 5.92 Å². The Morgan fingerprint density at radius 2 is 2.16 bits per heavy atom. The zero-order chi connectivity index (χ0) is 14.4. The maximum absolute atomic E-state index is 12.1. The lowest BCUT2D eigenvalue weighted by Crippen LogP contribution is -2.32. The van der Waals surface area contributed by atoms with Crippen molar-refractivity contribution < 1.29 is 14.3 Å². The minimum Gasteiger partial charge on any atom is -0.469 e. The van der Waals surface area contributed by atoms with Crippen molar-refractivity contribution in [3.8, 4) is 0 Å². The molecule has 1 rings (SSSR count). The van der Waals surface area contributed by atoms with Crippen LogP contribution in [0.15, 0.2) is 10.9 Å². The number of nitrogens with zero attached hydrogens (tertiary/aromatic N) is 2. The summed E-state index contributed by atoms with van der Waals surface area (Å²) >= 11 is 1.50. The van der Waals surface area contributed by atoms with E-state index in [2.05, 4.69) is 4.98 Å². The highest BCUT2D eigenvalue weighted by Gasteiger charge is 2.27. The van der Waals surface area contributed by atoms with Gasteiger partial charge >= 0.3 is 5.97 Å². The Balaban J connectivity index is 2.58. The molecule has 0 radical (unpaired) electrons. The quantitative estimate of drug-likeness (QED) is 0.749. The molecule has 0 bridgehead atoms. The number of esters is 1. The van der Waals surface area contributed by atoms with Crippen molar-refractivity contribution in [3.05, 3.63) is 16.6 Å². The van der Waals surface area contributed by atoms with E-state index in [1.807, 2.05) is 19.2 Å². The number of carbonyl (C=O) groups excluding carboxylic acids is 2. The third-order valence-electron chi connectivity index (χ3n) is 3.01. The molecule has 106 valence electrons. The molecular weight excluding hydrogens is 264 g/mol. The fourth-order valence-electron chi connectivity index (χ4n) is 1.73. The van der Waals surface area contributed by atoms with Crippen LogP contribution in [0, 0.1) is 11.8 Å². The van der Waals surface area contributed by atoms with Gasteiger partial charge in [-0.2, -0.15) is 0 Å². The SMILES string of the molecule is COC(=O)[C@@H](CC(=O)N(C)Cc1cscn1)C(C)C. The van der Waals surface area contributed by atoms with E-state index < -0.39 is 5.92 Å². The van der Waals surface area contributed by atoms with Gasteiger partial charge in [0.25, 0.3) is 0 Å². The van der Waals surface area contributed by atoms with Gasteiger partial charge in [-0.15, -0.1) is 11.3 Å². The first kappa shape index (κ1) is 15.6. The second-order valence-corrected chi connectivity index (χ2v) is 5.53. The van der Waals surface area contributed by atoms with Crippen LogP contribution in [0.25, 0.3) is 0 Å². The van der Waals surface area contributed by atoms with E-state index in [1.54, 1.807) is 17.5 Å². The summed E-state index contributed by atoms with van der Waals surface area (Å²) in [6.45, 7) is 4.29. The molecule has 1 amide bonds. The number of hydrogen-bond donors (Lipinski definition) is 0. The molecule has 1 aromatic rings. The van der Waals surface area contributed by atoms with Gasteiger partial charge in [-0.25, -0.2) is 4.98 Å². The number of ether oxygens (including phenoxy) is 1. The molecule has 0 aliphatic heterocycles. The summed E-state index contributed by atoms with van der Waals surface area (Å²) in [6.07, 6.45) is 0.172. The summed E-state index contributed by atoms with van der Waals surface area (Å²) in [4.78, 5) is 29.5. The first-order chi connectivity index (χ1) is 8.95. The monoisotopic (exact) mass is 284 g/mol. The predicted molar refractivity (Wildman–Crippen MR) is 73.5 cm³/mol. The van der Waals surface area contributed by atoms with Crippen molar-refractivity contribution in [3.63, 3.8) is 0 Å². The summed E-state index contributed by atoms with van der Waals surface area (Å²) in [7, 11) is 3.07. The molecule has 0 saturated carbocycles. The van der Waals surface area contributed by atoms with Gasteiger partial charge in [-0.1, -0.05) is 13.8 Å². The average Bonchev–Trinajstić information content (AvgIpc) is 2.86. The summed E-state index contributed by atoms with van der Waals surface area (Å²) < 4.78 is 4.74. The molecule has 0 saturated heterocycles. The van der Waals surface area contributed by atoms with Crippen LogP contribution in [0.5, 0.6) is 0 Å². The van der Waals surface area contributed by atoms with Crippen molar-refractivity contribution in [2.24, 2.45) is 11.8 Å². The van der Waals surface area contributed by atoms with Crippen LogP contribution in [0.3, 0.4) is 0 Å². The van der Waals surface area contributed by atoms with Gasteiger partial charge < -0.3 is 9.64 Å². The van der Waals surface area contributed by atoms with Gasteiger partial charge in [0.1, 0.15) is 0 Å². The van der Waals surface area contributed by atoms with Crippen LogP contribution in [0.4, 0.5) is 0 Å². The molecule has 0 aromatic carbocycles. The summed E-state index contributed by atoms with van der Waals surface area (Å²) in [5, 5.41) is 1.91. The largest absolute Gasteiger partial charge is 0.469 e. The van der Waals surface area contributed by atoms with Crippen molar-refractivity contribution in [2.45, 2.75) is 26.8 Å². The maximum atomic E-state index is 12.1. The second-order valence-electron chi connectivity index (χ2n) is 4.81. The first-order valence-electron chi connectivity index (χ1n) is 6.14. The molecule has 6 heteroatoms. The Labute approximate surface area is 117 Å². The summed E-state index contributed by atoms with van der Waals surface area (Å²) in [6, 6.07) is 0. The van der Waals surface area contributed by atoms with Gasteiger partial charge in [-0.3, -0.25) is 9.59 Å². The van der Waals surface area contributed by atoms with Crippen LogP contribution >= 0.6 is 11.3 Å². The van der Waals surface area contributed by atoms with E-state index in [1.165, 1.54) is 18.4 Å². The number of rotatable bonds is 6. The minimum atomic E-state index is -0.393. The zero-order valence-corrected chi connectivity index (χ0v) is 12.6. The number of carbonyl (C=O) groups is 2. The van der Waals surface area contributed by atoms with E-state index in [9.17, 15) is 9.59 Å².